The zero-order valence-corrected chi connectivity index (χ0v) is 17.8. The minimum atomic E-state index is 0.273. The van der Waals surface area contributed by atoms with Crippen molar-refractivity contribution >= 4 is 11.6 Å². The number of rotatable bonds is 5. The number of hydrogen-bond donors (Lipinski definition) is 1. The van der Waals surface area contributed by atoms with Crippen molar-refractivity contribution in [2.24, 2.45) is 4.99 Å². The second-order valence-electron chi connectivity index (χ2n) is 7.78. The molecule has 0 aliphatic carbocycles. The number of morpholine rings is 1. The largest absolute Gasteiger partial charge is 0.490 e. The molecule has 0 saturated carbocycles. The van der Waals surface area contributed by atoms with Crippen LogP contribution >= 0.6 is 0 Å². The van der Waals surface area contributed by atoms with Crippen LogP contribution in [0.2, 0.25) is 0 Å². The molecule has 160 valence electrons. The van der Waals surface area contributed by atoms with Gasteiger partial charge in [-0.2, -0.15) is 0 Å². The van der Waals surface area contributed by atoms with Gasteiger partial charge in [0.2, 0.25) is 0 Å². The third kappa shape index (κ3) is 5.45. The number of hydrogen-bond acceptors (Lipinski definition) is 4. The number of benzene rings is 2. The molecule has 0 spiro atoms. The van der Waals surface area contributed by atoms with Gasteiger partial charge in [-0.15, -0.1) is 0 Å². The summed E-state index contributed by atoms with van der Waals surface area (Å²) >= 11 is 0. The topological polar surface area (TPSA) is 49.3 Å². The Morgan fingerprint density at radius 3 is 2.37 bits per heavy atom. The van der Waals surface area contributed by atoms with E-state index in [9.17, 15) is 0 Å². The molecule has 0 bridgehead atoms. The van der Waals surface area contributed by atoms with Crippen molar-refractivity contribution in [3.05, 3.63) is 60.2 Å². The average molecular weight is 409 g/mol. The van der Waals surface area contributed by atoms with Crippen molar-refractivity contribution in [1.82, 2.24) is 10.2 Å². The third-order valence-electron chi connectivity index (χ3n) is 5.76. The van der Waals surface area contributed by atoms with E-state index in [4.69, 9.17) is 9.47 Å². The molecule has 30 heavy (non-hydrogen) atoms. The van der Waals surface area contributed by atoms with E-state index in [0.717, 1.165) is 70.5 Å². The molecule has 0 atom stereocenters. The highest BCUT2D eigenvalue weighted by Crippen LogP contribution is 2.19. The first kappa shape index (κ1) is 20.5. The Bertz CT molecular complexity index is 796. The molecule has 2 aliphatic heterocycles. The third-order valence-corrected chi connectivity index (χ3v) is 5.76. The number of piperidine rings is 1. The van der Waals surface area contributed by atoms with Gasteiger partial charge in [-0.25, -0.2) is 0 Å². The lowest BCUT2D eigenvalue weighted by atomic mass is 10.1. The molecule has 2 aromatic rings. The number of nitrogens with one attached hydrogen (secondary N) is 1. The molecular weight excluding hydrogens is 376 g/mol. The molecule has 4 rings (SSSR count). The summed E-state index contributed by atoms with van der Waals surface area (Å²) < 4.78 is 11.5. The van der Waals surface area contributed by atoms with E-state index in [0.29, 0.717) is 0 Å². The smallest absolute Gasteiger partial charge is 0.193 e. The number of aliphatic imine (C=N–C) groups is 1. The van der Waals surface area contributed by atoms with Crippen LogP contribution in [0.25, 0.3) is 0 Å². The Labute approximate surface area is 179 Å². The van der Waals surface area contributed by atoms with Crippen LogP contribution in [0.15, 0.2) is 59.6 Å². The van der Waals surface area contributed by atoms with Gasteiger partial charge in [-0.1, -0.05) is 30.3 Å². The van der Waals surface area contributed by atoms with Crippen LogP contribution in [-0.4, -0.2) is 63.4 Å². The van der Waals surface area contributed by atoms with Crippen LogP contribution in [0.3, 0.4) is 0 Å². The fourth-order valence-corrected chi connectivity index (χ4v) is 4.04. The van der Waals surface area contributed by atoms with Gasteiger partial charge in [-0.05, 0) is 29.8 Å². The van der Waals surface area contributed by atoms with E-state index >= 15 is 0 Å². The molecule has 6 heteroatoms. The Morgan fingerprint density at radius 1 is 1.00 bits per heavy atom. The molecule has 2 aromatic carbocycles. The zero-order valence-electron chi connectivity index (χ0n) is 17.8. The summed E-state index contributed by atoms with van der Waals surface area (Å²) in [4.78, 5) is 9.20. The first-order chi connectivity index (χ1) is 14.8. The first-order valence-corrected chi connectivity index (χ1v) is 10.9. The quantitative estimate of drug-likeness (QED) is 0.608. The molecule has 0 aromatic heterocycles. The van der Waals surface area contributed by atoms with Crippen LogP contribution in [-0.2, 0) is 11.3 Å². The Hall–Kier alpha value is -2.73. The van der Waals surface area contributed by atoms with Crippen molar-refractivity contribution in [3.63, 3.8) is 0 Å². The highest BCUT2D eigenvalue weighted by atomic mass is 16.5. The van der Waals surface area contributed by atoms with Gasteiger partial charge in [0, 0.05) is 58.3 Å². The molecule has 2 fully saturated rings. The average Bonchev–Trinajstić information content (AvgIpc) is 2.82. The maximum absolute atomic E-state index is 6.11. The molecule has 6 nitrogen and oxygen atoms in total. The molecule has 0 unspecified atom stereocenters. The van der Waals surface area contributed by atoms with E-state index in [1.807, 2.05) is 37.4 Å². The summed E-state index contributed by atoms with van der Waals surface area (Å²) in [6.45, 7) is 6.23. The van der Waals surface area contributed by atoms with Gasteiger partial charge in [0.15, 0.2) is 5.96 Å². The van der Waals surface area contributed by atoms with Crippen molar-refractivity contribution in [2.75, 3.05) is 51.3 Å². The second kappa shape index (κ2) is 10.3. The highest BCUT2D eigenvalue weighted by molar-refractivity contribution is 5.80. The summed E-state index contributed by atoms with van der Waals surface area (Å²) in [6.07, 6.45) is 2.28. The molecule has 1 N–H and O–H groups in total. The fraction of sp³-hybridized carbons (Fsp3) is 0.458. The lowest BCUT2D eigenvalue weighted by Gasteiger charge is -2.34. The monoisotopic (exact) mass is 408 g/mol. The summed E-state index contributed by atoms with van der Waals surface area (Å²) in [5.41, 5.74) is 2.53. The van der Waals surface area contributed by atoms with Crippen molar-refractivity contribution in [1.29, 1.82) is 0 Å². The Kier molecular flexibility index (Phi) is 7.08. The summed E-state index contributed by atoms with van der Waals surface area (Å²) in [5.74, 6) is 1.92. The maximum atomic E-state index is 6.11. The number of guanidine groups is 1. The first-order valence-electron chi connectivity index (χ1n) is 10.9. The van der Waals surface area contributed by atoms with E-state index in [1.165, 1.54) is 11.3 Å². The van der Waals surface area contributed by atoms with Crippen LogP contribution in [0.4, 0.5) is 5.69 Å². The minimum Gasteiger partial charge on any atom is -0.490 e. The summed E-state index contributed by atoms with van der Waals surface area (Å²) in [5, 5.41) is 3.52. The normalized spacial score (nSPS) is 18.4. The van der Waals surface area contributed by atoms with Gasteiger partial charge < -0.3 is 24.6 Å². The number of para-hydroxylation sites is 1. The van der Waals surface area contributed by atoms with E-state index in [2.05, 4.69) is 44.4 Å². The van der Waals surface area contributed by atoms with Crippen LogP contribution in [0, 0.1) is 0 Å². The summed E-state index contributed by atoms with van der Waals surface area (Å²) in [6, 6.07) is 18.9. The van der Waals surface area contributed by atoms with Crippen LogP contribution in [0.1, 0.15) is 18.4 Å². The summed E-state index contributed by atoms with van der Waals surface area (Å²) in [7, 11) is 1.86. The molecule has 0 radical (unpaired) electrons. The minimum absolute atomic E-state index is 0.273. The van der Waals surface area contributed by atoms with Crippen molar-refractivity contribution < 1.29 is 9.47 Å². The number of anilines is 1. The molecule has 0 amide bonds. The second-order valence-corrected chi connectivity index (χ2v) is 7.78. The Morgan fingerprint density at radius 2 is 1.70 bits per heavy atom. The van der Waals surface area contributed by atoms with Crippen LogP contribution < -0.4 is 15.0 Å². The van der Waals surface area contributed by atoms with Gasteiger partial charge in [-0.3, -0.25) is 4.99 Å². The SMILES string of the molecule is CN=C(NCc1ccc(N2CCOCC2)cc1)N1CCC(Oc2ccccc2)CC1. The van der Waals surface area contributed by atoms with E-state index in [1.54, 1.807) is 0 Å². The lowest BCUT2D eigenvalue weighted by Crippen LogP contribution is -2.47. The fourth-order valence-electron chi connectivity index (χ4n) is 4.04. The Balaban J connectivity index is 1.24. The number of likely N-dealkylation sites (tertiary alicyclic amines) is 1. The van der Waals surface area contributed by atoms with E-state index in [-0.39, 0.29) is 6.10 Å². The molecule has 2 saturated heterocycles. The predicted octanol–water partition coefficient (Wildman–Crippen LogP) is 3.14. The van der Waals surface area contributed by atoms with Crippen molar-refractivity contribution in [2.45, 2.75) is 25.5 Å². The molecular formula is C24H32N4O2. The predicted molar refractivity (Wildman–Crippen MR) is 121 cm³/mol. The van der Waals surface area contributed by atoms with Gasteiger partial charge in [0.1, 0.15) is 11.9 Å². The van der Waals surface area contributed by atoms with Crippen molar-refractivity contribution in [3.8, 4) is 5.75 Å². The van der Waals surface area contributed by atoms with Crippen LogP contribution in [0.5, 0.6) is 5.75 Å². The molecule has 2 aliphatic rings. The van der Waals surface area contributed by atoms with E-state index < -0.39 is 0 Å². The lowest BCUT2D eigenvalue weighted by molar-refractivity contribution is 0.122. The van der Waals surface area contributed by atoms with Gasteiger partial charge in [0.05, 0.1) is 13.2 Å². The van der Waals surface area contributed by atoms with Gasteiger partial charge in [0.25, 0.3) is 0 Å². The standard InChI is InChI=1S/C24H32N4O2/c1-25-24(28-13-11-23(12-14-28)30-22-5-3-2-4-6-22)26-19-20-7-9-21(10-8-20)27-15-17-29-18-16-27/h2-10,23H,11-19H2,1H3,(H,25,26). The zero-order chi connectivity index (χ0) is 20.6. The highest BCUT2D eigenvalue weighted by Gasteiger charge is 2.22. The number of ether oxygens (including phenoxy) is 2. The number of nitrogens with zero attached hydrogens (tertiary/aromatic N) is 3. The molecule has 2 heterocycles. The maximum Gasteiger partial charge on any atom is 0.193 e. The van der Waals surface area contributed by atoms with Gasteiger partial charge >= 0.3 is 0 Å².